The van der Waals surface area contributed by atoms with Crippen molar-refractivity contribution in [2.45, 2.75) is 45.1 Å². The number of anilines is 3. The van der Waals surface area contributed by atoms with Gasteiger partial charge >= 0.3 is 0 Å². The number of hydrogen-bond acceptors (Lipinski definition) is 6. The summed E-state index contributed by atoms with van der Waals surface area (Å²) in [5.41, 5.74) is 2.46. The monoisotopic (exact) mass is 452 g/mol. The van der Waals surface area contributed by atoms with Crippen molar-refractivity contribution in [3.63, 3.8) is 0 Å². The summed E-state index contributed by atoms with van der Waals surface area (Å²) in [7, 11) is 1.79. The first-order chi connectivity index (χ1) is 15.5. The maximum atomic E-state index is 13.0. The molecule has 1 saturated carbocycles. The van der Waals surface area contributed by atoms with Gasteiger partial charge in [-0.05, 0) is 43.5 Å². The smallest absolute Gasteiger partial charge is 0.262 e. The molecule has 0 aliphatic heterocycles. The lowest BCUT2D eigenvalue weighted by Crippen LogP contribution is -2.44. The van der Waals surface area contributed by atoms with E-state index in [1.807, 2.05) is 25.1 Å². The van der Waals surface area contributed by atoms with E-state index in [0.29, 0.717) is 22.9 Å². The summed E-state index contributed by atoms with van der Waals surface area (Å²) < 4.78 is 1.63. The van der Waals surface area contributed by atoms with Crippen molar-refractivity contribution >= 4 is 39.5 Å². The number of aromatic nitrogens is 3. The number of rotatable bonds is 8. The number of aryl methyl sites for hydroxylation is 2. The molecule has 0 saturated heterocycles. The molecule has 0 bridgehead atoms. The van der Waals surface area contributed by atoms with Crippen molar-refractivity contribution in [1.82, 2.24) is 20.1 Å². The highest BCUT2D eigenvalue weighted by Crippen LogP contribution is 2.30. The summed E-state index contributed by atoms with van der Waals surface area (Å²) in [6, 6.07) is 6.89. The van der Waals surface area contributed by atoms with Crippen molar-refractivity contribution in [3.8, 4) is 0 Å². The average molecular weight is 453 g/mol. The van der Waals surface area contributed by atoms with Crippen molar-refractivity contribution in [3.05, 3.63) is 53.4 Å². The fourth-order valence-electron chi connectivity index (χ4n) is 4.05. The van der Waals surface area contributed by atoms with Crippen LogP contribution in [0, 0.1) is 12.8 Å². The summed E-state index contributed by atoms with van der Waals surface area (Å²) in [6.45, 7) is 1.93. The zero-order valence-corrected chi connectivity index (χ0v) is 19.1. The van der Waals surface area contributed by atoms with Crippen LogP contribution in [0.3, 0.4) is 0 Å². The second-order valence-corrected chi connectivity index (χ2v) is 9.36. The molecule has 168 valence electrons. The van der Waals surface area contributed by atoms with Gasteiger partial charge in [-0.25, -0.2) is 0 Å². The van der Waals surface area contributed by atoms with Gasteiger partial charge in [0.2, 0.25) is 5.91 Å². The van der Waals surface area contributed by atoms with Gasteiger partial charge in [-0.15, -0.1) is 11.3 Å². The number of nitrogens with zero attached hydrogens (tertiary/aromatic N) is 3. The van der Waals surface area contributed by atoms with Crippen LogP contribution in [0.2, 0.25) is 0 Å². The van der Waals surface area contributed by atoms with Crippen molar-refractivity contribution in [2.24, 2.45) is 13.0 Å². The molecule has 3 aromatic heterocycles. The van der Waals surface area contributed by atoms with Crippen LogP contribution in [0.25, 0.3) is 0 Å². The van der Waals surface area contributed by atoms with Gasteiger partial charge in [-0.1, -0.05) is 25.7 Å². The summed E-state index contributed by atoms with van der Waals surface area (Å²) in [5, 5.41) is 14.1. The van der Waals surface area contributed by atoms with Gasteiger partial charge in [0.05, 0.1) is 21.8 Å². The van der Waals surface area contributed by atoms with Gasteiger partial charge in [0.15, 0.2) is 0 Å². The topological polar surface area (TPSA) is 101 Å². The molecule has 4 rings (SSSR count). The number of carbonyl (C=O) groups excluding carboxylic acids is 2. The second-order valence-electron chi connectivity index (χ2n) is 8.28. The fourth-order valence-corrected chi connectivity index (χ4v) is 4.88. The van der Waals surface area contributed by atoms with E-state index in [2.05, 4.69) is 26.0 Å². The molecule has 1 atom stereocenters. The molecule has 3 N–H and O–H groups in total. The number of thiophene rings is 1. The van der Waals surface area contributed by atoms with E-state index in [1.165, 1.54) is 24.2 Å². The maximum absolute atomic E-state index is 13.0. The Labute approximate surface area is 191 Å². The van der Waals surface area contributed by atoms with Gasteiger partial charge in [-0.2, -0.15) is 5.10 Å². The Balaban J connectivity index is 1.43. The van der Waals surface area contributed by atoms with E-state index in [9.17, 15) is 9.59 Å². The van der Waals surface area contributed by atoms with Gasteiger partial charge < -0.3 is 16.0 Å². The predicted molar refractivity (Wildman–Crippen MR) is 126 cm³/mol. The third kappa shape index (κ3) is 5.73. The van der Waals surface area contributed by atoms with E-state index >= 15 is 0 Å². The van der Waals surface area contributed by atoms with Crippen LogP contribution in [-0.4, -0.2) is 32.6 Å². The quantitative estimate of drug-likeness (QED) is 0.474. The molecule has 0 spiro atoms. The molecule has 0 radical (unpaired) electrons. The molecule has 0 unspecified atom stereocenters. The van der Waals surface area contributed by atoms with Gasteiger partial charge in [-0.3, -0.25) is 19.3 Å². The summed E-state index contributed by atoms with van der Waals surface area (Å²) >= 11 is 1.36. The fraction of sp³-hybridized carbons (Fsp3) is 0.391. The first-order valence-corrected chi connectivity index (χ1v) is 11.7. The molecule has 3 aromatic rings. The van der Waals surface area contributed by atoms with Crippen molar-refractivity contribution in [2.75, 3.05) is 10.6 Å². The van der Waals surface area contributed by atoms with Crippen LogP contribution in [0.5, 0.6) is 0 Å². The molecule has 2 amide bonds. The molecule has 1 aliphatic rings. The molecular formula is C23H28N6O2S. The number of amides is 2. The van der Waals surface area contributed by atoms with Crippen LogP contribution in [0.1, 0.15) is 47.5 Å². The summed E-state index contributed by atoms with van der Waals surface area (Å²) in [6.07, 6.45) is 10.3. The molecule has 8 nitrogen and oxygen atoms in total. The molecule has 1 fully saturated rings. The minimum absolute atomic E-state index is 0.208. The highest BCUT2D eigenvalue weighted by atomic mass is 32.1. The minimum atomic E-state index is -0.591. The predicted octanol–water partition coefficient (Wildman–Crippen LogP) is 4.25. The van der Waals surface area contributed by atoms with Gasteiger partial charge in [0.1, 0.15) is 6.04 Å². The van der Waals surface area contributed by atoms with E-state index in [1.54, 1.807) is 36.4 Å². The zero-order chi connectivity index (χ0) is 22.5. The van der Waals surface area contributed by atoms with E-state index in [-0.39, 0.29) is 11.8 Å². The van der Waals surface area contributed by atoms with Crippen LogP contribution < -0.4 is 16.0 Å². The Bertz CT molecular complexity index is 1090. The largest absolute Gasteiger partial charge is 0.347 e. The Morgan fingerprint density at radius 1 is 1.22 bits per heavy atom. The highest BCUT2D eigenvalue weighted by Gasteiger charge is 2.27. The second kappa shape index (κ2) is 9.95. The van der Waals surface area contributed by atoms with Crippen LogP contribution in [0.15, 0.2) is 42.9 Å². The lowest BCUT2D eigenvalue weighted by molar-refractivity contribution is -0.118. The number of nitrogens with one attached hydrogen (secondary N) is 3. The SMILES string of the molecule is Cc1cc(Nc2ccc(C(=O)N[C@@H](CC3CCCC3)C(=O)Nc3cnn(C)c3)s2)ccn1. The van der Waals surface area contributed by atoms with Crippen molar-refractivity contribution < 1.29 is 9.59 Å². The Kier molecular flexibility index (Phi) is 6.84. The maximum Gasteiger partial charge on any atom is 0.262 e. The standard InChI is InChI=1S/C23H28N6O2S/c1-15-11-17(9-10-24-15)26-21-8-7-20(32-21)23(31)28-19(12-16-5-3-4-6-16)22(30)27-18-13-25-29(2)14-18/h7-11,13-14,16,19H,3-6,12H2,1-2H3,(H,24,26)(H,27,30)(H,28,31)/t19-/m0/s1. The van der Waals surface area contributed by atoms with E-state index in [4.69, 9.17) is 0 Å². The van der Waals surface area contributed by atoms with E-state index < -0.39 is 6.04 Å². The summed E-state index contributed by atoms with van der Waals surface area (Å²) in [4.78, 5) is 30.7. The highest BCUT2D eigenvalue weighted by molar-refractivity contribution is 7.18. The molecule has 3 heterocycles. The van der Waals surface area contributed by atoms with Crippen LogP contribution in [0.4, 0.5) is 16.4 Å². The lowest BCUT2D eigenvalue weighted by Gasteiger charge is -2.21. The minimum Gasteiger partial charge on any atom is -0.347 e. The Morgan fingerprint density at radius 2 is 2.03 bits per heavy atom. The van der Waals surface area contributed by atoms with Crippen LogP contribution >= 0.6 is 11.3 Å². The Hall–Kier alpha value is -3.20. The average Bonchev–Trinajstić information content (AvgIpc) is 3.51. The van der Waals surface area contributed by atoms with E-state index in [0.717, 1.165) is 29.2 Å². The van der Waals surface area contributed by atoms with Crippen molar-refractivity contribution in [1.29, 1.82) is 0 Å². The van der Waals surface area contributed by atoms with Gasteiger partial charge in [0, 0.05) is 30.8 Å². The molecular weight excluding hydrogens is 424 g/mol. The molecule has 32 heavy (non-hydrogen) atoms. The number of pyridine rings is 1. The third-order valence-electron chi connectivity index (χ3n) is 5.63. The zero-order valence-electron chi connectivity index (χ0n) is 18.3. The normalized spacial score (nSPS) is 14.8. The molecule has 9 heteroatoms. The molecule has 0 aromatic carbocycles. The number of hydrogen-bond donors (Lipinski definition) is 3. The van der Waals surface area contributed by atoms with Gasteiger partial charge in [0.25, 0.3) is 5.91 Å². The summed E-state index contributed by atoms with van der Waals surface area (Å²) in [5.74, 6) is 0.00847. The lowest BCUT2D eigenvalue weighted by atomic mass is 9.97. The molecule has 1 aliphatic carbocycles. The Morgan fingerprint density at radius 3 is 2.75 bits per heavy atom. The first-order valence-electron chi connectivity index (χ1n) is 10.9. The third-order valence-corrected chi connectivity index (χ3v) is 6.63. The first kappa shape index (κ1) is 22.0. The number of carbonyl (C=O) groups is 2. The van der Waals surface area contributed by atoms with Crippen LogP contribution in [-0.2, 0) is 11.8 Å².